The predicted octanol–water partition coefficient (Wildman–Crippen LogP) is 5.20. The number of hydrogen-bond donors (Lipinski definition) is 0. The number of imidazole rings is 1. The molecule has 0 bridgehead atoms. The van der Waals surface area contributed by atoms with Crippen LogP contribution in [0.1, 0.15) is 36.2 Å². The van der Waals surface area contributed by atoms with Crippen molar-refractivity contribution >= 4 is 22.6 Å². The molecule has 0 aliphatic carbocycles. The fourth-order valence-electron chi connectivity index (χ4n) is 2.66. The highest BCUT2D eigenvalue weighted by Gasteiger charge is 2.16. The van der Waals surface area contributed by atoms with Crippen molar-refractivity contribution in [3.05, 3.63) is 59.4 Å². The largest absolute Gasteiger partial charge is 0.295 e. The van der Waals surface area contributed by atoms with Crippen LogP contribution in [0.4, 0.5) is 0 Å². The minimum absolute atomic E-state index is 0.136. The van der Waals surface area contributed by atoms with Gasteiger partial charge < -0.3 is 0 Å². The number of alkyl halides is 1. The first-order valence-corrected chi connectivity index (χ1v) is 7.76. The maximum absolute atomic E-state index is 6.36. The summed E-state index contributed by atoms with van der Waals surface area (Å²) >= 11 is 6.36. The summed E-state index contributed by atoms with van der Waals surface area (Å²) in [5.41, 5.74) is 5.78. The third kappa shape index (κ3) is 2.56. The van der Waals surface area contributed by atoms with Gasteiger partial charge in [0.15, 0.2) is 0 Å². The van der Waals surface area contributed by atoms with Crippen LogP contribution in [0.25, 0.3) is 16.7 Å². The summed E-state index contributed by atoms with van der Waals surface area (Å²) in [6.07, 6.45) is 1.02. The Kier molecular flexibility index (Phi) is 3.73. The zero-order valence-electron chi connectivity index (χ0n) is 12.6. The predicted molar refractivity (Wildman–Crippen MR) is 89.5 cm³/mol. The Morgan fingerprint density at radius 1 is 1.19 bits per heavy atom. The molecule has 3 aromatic rings. The van der Waals surface area contributed by atoms with Gasteiger partial charge in [0.25, 0.3) is 0 Å². The van der Waals surface area contributed by atoms with Crippen LogP contribution in [0.3, 0.4) is 0 Å². The van der Waals surface area contributed by atoms with Gasteiger partial charge in [0.05, 0.1) is 16.4 Å². The fourth-order valence-corrected chi connectivity index (χ4v) is 2.80. The molecule has 1 atom stereocenters. The van der Waals surface area contributed by atoms with Crippen LogP contribution in [-0.4, -0.2) is 9.55 Å². The van der Waals surface area contributed by atoms with E-state index in [4.69, 9.17) is 16.6 Å². The van der Waals surface area contributed by atoms with E-state index in [1.54, 1.807) is 0 Å². The van der Waals surface area contributed by atoms with Crippen molar-refractivity contribution in [3.63, 3.8) is 0 Å². The quantitative estimate of drug-likeness (QED) is 0.608. The van der Waals surface area contributed by atoms with Gasteiger partial charge in [-0.3, -0.25) is 4.57 Å². The van der Waals surface area contributed by atoms with Gasteiger partial charge in [-0.1, -0.05) is 25.1 Å². The van der Waals surface area contributed by atoms with Crippen molar-refractivity contribution in [1.82, 2.24) is 9.55 Å². The number of halogens is 1. The maximum Gasteiger partial charge on any atom is 0.132 e. The minimum atomic E-state index is -0.136. The van der Waals surface area contributed by atoms with Crippen LogP contribution in [0.2, 0.25) is 0 Å². The first kappa shape index (κ1) is 14.2. The molecule has 0 spiro atoms. The average molecular weight is 299 g/mol. The second-order valence-corrected chi connectivity index (χ2v) is 6.09. The maximum atomic E-state index is 6.36. The van der Waals surface area contributed by atoms with Crippen molar-refractivity contribution in [1.29, 1.82) is 0 Å². The van der Waals surface area contributed by atoms with Crippen molar-refractivity contribution in [3.8, 4) is 5.69 Å². The van der Waals surface area contributed by atoms with E-state index in [0.717, 1.165) is 29.0 Å². The molecule has 0 radical (unpaired) electrons. The number of fused-ring (bicyclic) bond motifs is 1. The molecule has 1 unspecified atom stereocenters. The van der Waals surface area contributed by atoms with Gasteiger partial charge in [-0.05, 0) is 55.7 Å². The lowest BCUT2D eigenvalue weighted by atomic mass is 10.1. The van der Waals surface area contributed by atoms with Crippen LogP contribution >= 0.6 is 11.6 Å². The SMILES string of the molecule is CCc1cccc(-n2c(C(C)Cl)nc3ccc(C)cc32)c1. The van der Waals surface area contributed by atoms with E-state index in [0.29, 0.717) is 0 Å². The molecule has 0 amide bonds. The van der Waals surface area contributed by atoms with E-state index in [-0.39, 0.29) is 5.38 Å². The first-order valence-electron chi connectivity index (χ1n) is 7.32. The van der Waals surface area contributed by atoms with Gasteiger partial charge in [0.1, 0.15) is 5.82 Å². The highest BCUT2D eigenvalue weighted by atomic mass is 35.5. The van der Waals surface area contributed by atoms with E-state index in [1.807, 2.05) is 6.92 Å². The fraction of sp³-hybridized carbons (Fsp3) is 0.278. The molecule has 0 aliphatic heterocycles. The molecule has 0 saturated carbocycles. The number of benzene rings is 2. The second kappa shape index (κ2) is 5.53. The number of aryl methyl sites for hydroxylation is 2. The lowest BCUT2D eigenvalue weighted by molar-refractivity contribution is 0.880. The first-order chi connectivity index (χ1) is 10.1. The number of hydrogen-bond acceptors (Lipinski definition) is 1. The number of aromatic nitrogens is 2. The van der Waals surface area contributed by atoms with Crippen molar-refractivity contribution < 1.29 is 0 Å². The molecule has 0 saturated heterocycles. The lowest BCUT2D eigenvalue weighted by Crippen LogP contribution is -2.02. The van der Waals surface area contributed by atoms with E-state index < -0.39 is 0 Å². The Hall–Kier alpha value is -1.80. The minimum Gasteiger partial charge on any atom is -0.295 e. The van der Waals surface area contributed by atoms with Gasteiger partial charge in [0, 0.05) is 5.69 Å². The van der Waals surface area contributed by atoms with Crippen LogP contribution in [0.5, 0.6) is 0 Å². The van der Waals surface area contributed by atoms with E-state index in [2.05, 4.69) is 60.9 Å². The summed E-state index contributed by atoms with van der Waals surface area (Å²) in [5, 5.41) is -0.136. The molecule has 108 valence electrons. The molecular weight excluding hydrogens is 280 g/mol. The van der Waals surface area contributed by atoms with E-state index >= 15 is 0 Å². The zero-order chi connectivity index (χ0) is 15.0. The molecule has 0 N–H and O–H groups in total. The Morgan fingerprint density at radius 2 is 2.00 bits per heavy atom. The Labute approximate surface area is 130 Å². The van der Waals surface area contributed by atoms with Gasteiger partial charge >= 0.3 is 0 Å². The van der Waals surface area contributed by atoms with E-state index in [9.17, 15) is 0 Å². The number of nitrogens with zero attached hydrogens (tertiary/aromatic N) is 2. The highest BCUT2D eigenvalue weighted by Crippen LogP contribution is 2.29. The number of rotatable bonds is 3. The molecule has 1 heterocycles. The molecular formula is C18H19ClN2. The molecule has 3 heteroatoms. The zero-order valence-corrected chi connectivity index (χ0v) is 13.4. The van der Waals surface area contributed by atoms with Crippen LogP contribution < -0.4 is 0 Å². The molecule has 2 nitrogen and oxygen atoms in total. The Bertz CT molecular complexity index is 787. The van der Waals surface area contributed by atoms with Crippen molar-refractivity contribution in [2.24, 2.45) is 0 Å². The normalized spacial score (nSPS) is 12.8. The summed E-state index contributed by atoms with van der Waals surface area (Å²) in [6.45, 7) is 6.24. The van der Waals surface area contributed by atoms with Crippen LogP contribution in [0, 0.1) is 6.92 Å². The molecule has 21 heavy (non-hydrogen) atoms. The summed E-state index contributed by atoms with van der Waals surface area (Å²) < 4.78 is 2.18. The van der Waals surface area contributed by atoms with Crippen LogP contribution in [-0.2, 0) is 6.42 Å². The lowest BCUT2D eigenvalue weighted by Gasteiger charge is -2.12. The monoisotopic (exact) mass is 298 g/mol. The smallest absolute Gasteiger partial charge is 0.132 e. The highest BCUT2D eigenvalue weighted by molar-refractivity contribution is 6.20. The van der Waals surface area contributed by atoms with Crippen molar-refractivity contribution in [2.45, 2.75) is 32.6 Å². The third-order valence-electron chi connectivity index (χ3n) is 3.77. The van der Waals surface area contributed by atoms with Gasteiger partial charge in [-0.25, -0.2) is 4.98 Å². The average Bonchev–Trinajstić information content (AvgIpc) is 2.86. The molecule has 3 rings (SSSR count). The second-order valence-electron chi connectivity index (χ2n) is 5.44. The summed E-state index contributed by atoms with van der Waals surface area (Å²) in [6, 6.07) is 14.9. The molecule has 1 aromatic heterocycles. The van der Waals surface area contributed by atoms with Crippen LogP contribution in [0.15, 0.2) is 42.5 Å². The van der Waals surface area contributed by atoms with E-state index in [1.165, 1.54) is 11.1 Å². The van der Waals surface area contributed by atoms with Gasteiger partial charge in [-0.15, -0.1) is 11.6 Å². The topological polar surface area (TPSA) is 17.8 Å². The molecule has 0 fully saturated rings. The molecule has 0 aliphatic rings. The summed E-state index contributed by atoms with van der Waals surface area (Å²) in [4.78, 5) is 4.72. The van der Waals surface area contributed by atoms with Gasteiger partial charge in [0.2, 0.25) is 0 Å². The Balaban J connectivity index is 2.32. The van der Waals surface area contributed by atoms with Crippen molar-refractivity contribution in [2.75, 3.05) is 0 Å². The summed E-state index contributed by atoms with van der Waals surface area (Å²) in [7, 11) is 0. The Morgan fingerprint density at radius 3 is 2.71 bits per heavy atom. The van der Waals surface area contributed by atoms with Gasteiger partial charge in [-0.2, -0.15) is 0 Å². The standard InChI is InChI=1S/C18H19ClN2/c1-4-14-6-5-7-15(11-14)21-17-10-12(2)8-9-16(17)20-18(21)13(3)19/h5-11,13H,4H2,1-3H3. The molecule has 2 aromatic carbocycles. The summed E-state index contributed by atoms with van der Waals surface area (Å²) in [5.74, 6) is 0.894. The third-order valence-corrected chi connectivity index (χ3v) is 3.96.